The van der Waals surface area contributed by atoms with Gasteiger partial charge in [0, 0.05) is 17.3 Å². The molecule has 5 heteroatoms. The molecule has 0 radical (unpaired) electrons. The lowest BCUT2D eigenvalue weighted by Crippen LogP contribution is -2.66. The summed E-state index contributed by atoms with van der Waals surface area (Å²) in [7, 11) is 0. The molecule has 4 nitrogen and oxygen atoms in total. The highest BCUT2D eigenvalue weighted by atomic mass is 19.1. The molecule has 0 aliphatic heterocycles. The van der Waals surface area contributed by atoms with Crippen LogP contribution in [0, 0.1) is 34.5 Å². The fourth-order valence-electron chi connectivity index (χ4n) is 7.36. The first-order valence-corrected chi connectivity index (χ1v) is 10.0. The van der Waals surface area contributed by atoms with E-state index >= 15 is 4.39 Å². The van der Waals surface area contributed by atoms with Crippen LogP contribution in [0.1, 0.15) is 46.5 Å². The van der Waals surface area contributed by atoms with Crippen LogP contribution in [-0.4, -0.2) is 40.2 Å². The van der Waals surface area contributed by atoms with Crippen LogP contribution < -0.4 is 0 Å². The van der Waals surface area contributed by atoms with Gasteiger partial charge in [0.15, 0.2) is 17.2 Å². The molecule has 0 amide bonds. The van der Waals surface area contributed by atoms with Gasteiger partial charge in [-0.2, -0.15) is 0 Å². The molecule has 4 aliphatic rings. The summed E-state index contributed by atoms with van der Waals surface area (Å²) in [6, 6.07) is 0. The van der Waals surface area contributed by atoms with Gasteiger partial charge in [0.1, 0.15) is 6.61 Å². The van der Waals surface area contributed by atoms with E-state index in [2.05, 4.69) is 0 Å². The molecule has 0 unspecified atom stereocenters. The lowest BCUT2D eigenvalue weighted by atomic mass is 9.45. The summed E-state index contributed by atoms with van der Waals surface area (Å²) < 4.78 is 16.8. The van der Waals surface area contributed by atoms with Crippen LogP contribution in [0.4, 0.5) is 4.39 Å². The van der Waals surface area contributed by atoms with Gasteiger partial charge in [-0.25, -0.2) is 4.39 Å². The first-order chi connectivity index (χ1) is 12.6. The summed E-state index contributed by atoms with van der Waals surface area (Å²) in [6.07, 6.45) is 5.53. The zero-order chi connectivity index (χ0) is 19.8. The number of fused-ring (bicyclic) bond motifs is 5. The zero-order valence-corrected chi connectivity index (χ0v) is 16.2. The summed E-state index contributed by atoms with van der Waals surface area (Å²) in [5.41, 5.74) is -2.59. The van der Waals surface area contributed by atoms with Gasteiger partial charge in [-0.15, -0.1) is 0 Å². The number of allylic oxidation sites excluding steroid dienone is 4. The highest BCUT2D eigenvalue weighted by Crippen LogP contribution is 2.69. The second-order valence-corrected chi connectivity index (χ2v) is 9.67. The molecule has 0 heterocycles. The van der Waals surface area contributed by atoms with E-state index in [-0.39, 0.29) is 41.7 Å². The highest BCUT2D eigenvalue weighted by molar-refractivity contribution is 6.01. The van der Waals surface area contributed by atoms with Gasteiger partial charge in [-0.3, -0.25) is 9.59 Å². The second kappa shape index (κ2) is 5.84. The van der Waals surface area contributed by atoms with Gasteiger partial charge in [0.25, 0.3) is 0 Å². The largest absolute Gasteiger partial charge is 0.390 e. The standard InChI is InChI=1S/C22H29FO4/c1-12-8-16-15-5-4-13-9-14(25)6-7-21(13,3)22(15,23)18(27)10-20(16,2)19(12)17(26)11-24/h6-7,9,12,15-16,18-19,24,27H,4-5,8,10-11H2,1-3H3/t12-,15+,16-,18+,19-,20+,21+,22+/m1/s1. The molecule has 0 aromatic heterocycles. The Balaban J connectivity index is 1.80. The number of carbonyl (C=O) groups is 2. The Hall–Kier alpha value is -1.33. The Morgan fingerprint density at radius 2 is 2.04 bits per heavy atom. The number of rotatable bonds is 2. The number of halogens is 1. The summed E-state index contributed by atoms with van der Waals surface area (Å²) in [5, 5.41) is 20.6. The van der Waals surface area contributed by atoms with Crippen LogP contribution in [0.2, 0.25) is 0 Å². The normalized spacial score (nSPS) is 51.3. The first-order valence-electron chi connectivity index (χ1n) is 10.0. The van der Waals surface area contributed by atoms with Gasteiger partial charge in [-0.05, 0) is 62.0 Å². The number of alkyl halides is 1. The maximum Gasteiger partial charge on any atom is 0.178 e. The minimum Gasteiger partial charge on any atom is -0.390 e. The van der Waals surface area contributed by atoms with E-state index < -0.39 is 29.2 Å². The van der Waals surface area contributed by atoms with E-state index in [0.29, 0.717) is 12.8 Å². The van der Waals surface area contributed by atoms with E-state index in [1.165, 1.54) is 12.2 Å². The van der Waals surface area contributed by atoms with Crippen LogP contribution in [0.15, 0.2) is 23.8 Å². The Kier molecular flexibility index (Phi) is 4.11. The maximum atomic E-state index is 16.8. The number of hydrogen-bond acceptors (Lipinski definition) is 4. The number of carbonyl (C=O) groups excluding carboxylic acids is 2. The predicted molar refractivity (Wildman–Crippen MR) is 98.5 cm³/mol. The third-order valence-corrected chi connectivity index (χ3v) is 8.48. The molecular weight excluding hydrogens is 347 g/mol. The van der Waals surface area contributed by atoms with Crippen LogP contribution in [0.25, 0.3) is 0 Å². The number of aliphatic hydroxyl groups is 2. The van der Waals surface area contributed by atoms with Crippen molar-refractivity contribution in [1.29, 1.82) is 0 Å². The van der Waals surface area contributed by atoms with Crippen molar-refractivity contribution >= 4 is 11.6 Å². The van der Waals surface area contributed by atoms with Crippen molar-refractivity contribution < 1.29 is 24.2 Å². The molecule has 8 atom stereocenters. The Morgan fingerprint density at radius 3 is 2.70 bits per heavy atom. The topological polar surface area (TPSA) is 74.6 Å². The highest BCUT2D eigenvalue weighted by Gasteiger charge is 2.71. The van der Waals surface area contributed by atoms with Crippen molar-refractivity contribution in [1.82, 2.24) is 0 Å². The van der Waals surface area contributed by atoms with Crippen molar-refractivity contribution in [2.75, 3.05) is 6.61 Å². The average molecular weight is 376 g/mol. The van der Waals surface area contributed by atoms with Crippen LogP contribution in [-0.2, 0) is 9.59 Å². The minimum atomic E-state index is -1.85. The molecule has 4 rings (SSSR count). The molecule has 2 N–H and O–H groups in total. The van der Waals surface area contributed by atoms with Crippen molar-refractivity contribution in [3.63, 3.8) is 0 Å². The predicted octanol–water partition coefficient (Wildman–Crippen LogP) is 2.78. The fraction of sp³-hybridized carbons (Fsp3) is 0.727. The summed E-state index contributed by atoms with van der Waals surface area (Å²) in [5.74, 6) is -1.00. The average Bonchev–Trinajstić information content (AvgIpc) is 2.86. The van der Waals surface area contributed by atoms with Gasteiger partial charge >= 0.3 is 0 Å². The lowest BCUT2D eigenvalue weighted by molar-refractivity contribution is -0.195. The molecule has 0 bridgehead atoms. The van der Waals surface area contributed by atoms with Crippen LogP contribution in [0.5, 0.6) is 0 Å². The molecule has 27 heavy (non-hydrogen) atoms. The second-order valence-electron chi connectivity index (χ2n) is 9.67. The summed E-state index contributed by atoms with van der Waals surface area (Å²) >= 11 is 0. The smallest absolute Gasteiger partial charge is 0.178 e. The minimum absolute atomic E-state index is 0.0224. The van der Waals surface area contributed by atoms with Gasteiger partial charge < -0.3 is 10.2 Å². The van der Waals surface area contributed by atoms with E-state index in [1.54, 1.807) is 13.0 Å². The number of Topliss-reactive ketones (excluding diaryl/α,β-unsaturated/α-hetero) is 1. The number of hydrogen-bond donors (Lipinski definition) is 2. The molecule has 3 fully saturated rings. The van der Waals surface area contributed by atoms with Crippen molar-refractivity contribution in [2.24, 2.45) is 34.5 Å². The molecule has 148 valence electrons. The van der Waals surface area contributed by atoms with E-state index in [1.807, 2.05) is 13.8 Å². The first kappa shape index (κ1) is 19.0. The molecule has 4 aliphatic carbocycles. The zero-order valence-electron chi connectivity index (χ0n) is 16.2. The fourth-order valence-corrected chi connectivity index (χ4v) is 7.36. The molecule has 0 spiro atoms. The molecular formula is C22H29FO4. The molecule has 3 saturated carbocycles. The molecule has 0 aromatic rings. The van der Waals surface area contributed by atoms with Crippen molar-refractivity contribution in [3.05, 3.63) is 23.8 Å². The summed E-state index contributed by atoms with van der Waals surface area (Å²) in [4.78, 5) is 24.3. The lowest BCUT2D eigenvalue weighted by Gasteiger charge is -2.62. The Morgan fingerprint density at radius 1 is 1.33 bits per heavy atom. The van der Waals surface area contributed by atoms with E-state index in [0.717, 1.165) is 12.0 Å². The number of ketones is 2. The third-order valence-electron chi connectivity index (χ3n) is 8.48. The van der Waals surface area contributed by atoms with E-state index in [9.17, 15) is 19.8 Å². The van der Waals surface area contributed by atoms with Gasteiger partial charge in [0.05, 0.1) is 6.10 Å². The van der Waals surface area contributed by atoms with Crippen molar-refractivity contribution in [2.45, 2.75) is 58.2 Å². The Bertz CT molecular complexity index is 757. The monoisotopic (exact) mass is 376 g/mol. The quantitative estimate of drug-likeness (QED) is 0.777. The van der Waals surface area contributed by atoms with Gasteiger partial charge in [0.2, 0.25) is 0 Å². The SMILES string of the molecule is C[C@@H]1C[C@@H]2[C@@H]3CCC4=CC(=O)C=C[C@]4(C)[C@@]3(F)[C@@H](O)C[C@]2(C)[C@H]1C(=O)CO. The Labute approximate surface area is 159 Å². The third kappa shape index (κ3) is 2.21. The maximum absolute atomic E-state index is 16.8. The summed E-state index contributed by atoms with van der Waals surface area (Å²) in [6.45, 7) is 5.29. The number of aliphatic hydroxyl groups excluding tert-OH is 2. The van der Waals surface area contributed by atoms with Crippen molar-refractivity contribution in [3.8, 4) is 0 Å². The van der Waals surface area contributed by atoms with Crippen LogP contribution >= 0.6 is 0 Å². The molecule has 0 saturated heterocycles. The molecule has 0 aromatic carbocycles. The van der Waals surface area contributed by atoms with E-state index in [4.69, 9.17) is 0 Å². The van der Waals surface area contributed by atoms with Gasteiger partial charge in [-0.1, -0.05) is 25.5 Å². The van der Waals surface area contributed by atoms with Crippen LogP contribution in [0.3, 0.4) is 0 Å².